The number of nitrogens with one attached hydrogen (secondary N) is 1. The summed E-state index contributed by atoms with van der Waals surface area (Å²) in [7, 11) is -1.96. The molecule has 0 spiro atoms. The lowest BCUT2D eigenvalue weighted by atomic mass is 9.97. The predicted molar refractivity (Wildman–Crippen MR) is 97.1 cm³/mol. The van der Waals surface area contributed by atoms with E-state index in [1.165, 1.54) is 17.4 Å². The van der Waals surface area contributed by atoms with E-state index in [0.29, 0.717) is 12.1 Å². The molecular weight excluding hydrogens is 342 g/mol. The zero-order valence-electron chi connectivity index (χ0n) is 13.1. The molecule has 24 heavy (non-hydrogen) atoms. The highest BCUT2D eigenvalue weighted by molar-refractivity contribution is 7.89. The average Bonchev–Trinajstić information content (AvgIpc) is 3.09. The lowest BCUT2D eigenvalue weighted by Crippen LogP contribution is -2.13. The zero-order chi connectivity index (χ0) is 17.2. The molecule has 0 fully saturated rings. The highest BCUT2D eigenvalue weighted by Crippen LogP contribution is 2.36. The van der Waals surface area contributed by atoms with Crippen molar-refractivity contribution in [2.24, 2.45) is 5.14 Å². The van der Waals surface area contributed by atoms with Crippen molar-refractivity contribution in [1.82, 2.24) is 10.3 Å². The molecule has 2 aromatic carbocycles. The standard InChI is InChI=1S/C17H17N3O2S2/c1-19-11-12-6-7-14(17-20-8-9-23-17)15(10-12)13-4-2-3-5-16(13)24(18,21)22/h2-10,19H,11H2,1H3,(H2,18,21,22). The fourth-order valence-corrected chi connectivity index (χ4v) is 4.04. The van der Waals surface area contributed by atoms with Gasteiger partial charge in [-0.2, -0.15) is 0 Å². The van der Waals surface area contributed by atoms with Crippen molar-refractivity contribution in [2.45, 2.75) is 11.4 Å². The van der Waals surface area contributed by atoms with E-state index >= 15 is 0 Å². The molecule has 1 aromatic heterocycles. The Morgan fingerprint density at radius 2 is 1.92 bits per heavy atom. The number of rotatable bonds is 5. The van der Waals surface area contributed by atoms with Crippen LogP contribution in [0.1, 0.15) is 5.56 Å². The van der Waals surface area contributed by atoms with E-state index in [1.54, 1.807) is 24.4 Å². The van der Waals surface area contributed by atoms with Gasteiger partial charge in [-0.05, 0) is 30.3 Å². The van der Waals surface area contributed by atoms with E-state index in [-0.39, 0.29) is 4.90 Å². The Morgan fingerprint density at radius 3 is 2.58 bits per heavy atom. The monoisotopic (exact) mass is 359 g/mol. The highest BCUT2D eigenvalue weighted by Gasteiger charge is 2.18. The predicted octanol–water partition coefficient (Wildman–Crippen LogP) is 2.84. The smallest absolute Gasteiger partial charge is 0.238 e. The van der Waals surface area contributed by atoms with Gasteiger partial charge in [0.15, 0.2) is 0 Å². The van der Waals surface area contributed by atoms with Crippen LogP contribution in [-0.4, -0.2) is 20.4 Å². The number of nitrogens with zero attached hydrogens (tertiary/aromatic N) is 1. The first kappa shape index (κ1) is 16.8. The van der Waals surface area contributed by atoms with E-state index in [0.717, 1.165) is 21.7 Å². The molecule has 0 unspecified atom stereocenters. The van der Waals surface area contributed by atoms with Crippen LogP contribution in [0.4, 0.5) is 0 Å². The second-order valence-corrected chi connectivity index (χ2v) is 7.71. The van der Waals surface area contributed by atoms with E-state index in [1.807, 2.05) is 30.6 Å². The SMILES string of the molecule is CNCc1ccc(-c2nccs2)c(-c2ccccc2S(N)(=O)=O)c1. The first-order valence-corrected chi connectivity index (χ1v) is 9.73. The van der Waals surface area contributed by atoms with Gasteiger partial charge in [-0.25, -0.2) is 18.5 Å². The molecule has 0 bridgehead atoms. The van der Waals surface area contributed by atoms with Crippen LogP contribution in [0.5, 0.6) is 0 Å². The summed E-state index contributed by atoms with van der Waals surface area (Å²) >= 11 is 1.51. The van der Waals surface area contributed by atoms with Gasteiger partial charge in [-0.3, -0.25) is 0 Å². The Hall–Kier alpha value is -2.06. The maximum absolute atomic E-state index is 12.0. The zero-order valence-corrected chi connectivity index (χ0v) is 14.7. The molecule has 0 aliphatic rings. The second-order valence-electron chi connectivity index (χ2n) is 5.29. The fraction of sp³-hybridized carbons (Fsp3) is 0.118. The summed E-state index contributed by atoms with van der Waals surface area (Å²) in [6.07, 6.45) is 1.73. The van der Waals surface area contributed by atoms with Crippen LogP contribution < -0.4 is 10.5 Å². The third-order valence-corrected chi connectivity index (χ3v) is 5.39. The number of hydrogen-bond donors (Lipinski definition) is 2. The largest absolute Gasteiger partial charge is 0.316 e. The van der Waals surface area contributed by atoms with Gasteiger partial charge in [0.05, 0.1) is 4.90 Å². The first-order chi connectivity index (χ1) is 11.5. The molecule has 0 atom stereocenters. The van der Waals surface area contributed by atoms with Crippen molar-refractivity contribution in [3.8, 4) is 21.7 Å². The molecule has 0 amide bonds. The lowest BCUT2D eigenvalue weighted by Gasteiger charge is -2.13. The Labute approximate surface area is 145 Å². The van der Waals surface area contributed by atoms with Crippen molar-refractivity contribution in [3.05, 3.63) is 59.6 Å². The summed E-state index contributed by atoms with van der Waals surface area (Å²) in [5.74, 6) is 0. The van der Waals surface area contributed by atoms with Crippen LogP contribution in [0.25, 0.3) is 21.7 Å². The minimum atomic E-state index is -3.82. The Kier molecular flexibility index (Phi) is 4.77. The second kappa shape index (κ2) is 6.82. The van der Waals surface area contributed by atoms with Crippen molar-refractivity contribution >= 4 is 21.4 Å². The molecule has 0 saturated heterocycles. The number of aromatic nitrogens is 1. The quantitative estimate of drug-likeness (QED) is 0.733. The van der Waals surface area contributed by atoms with Gasteiger partial charge in [-0.15, -0.1) is 11.3 Å². The lowest BCUT2D eigenvalue weighted by molar-refractivity contribution is 0.598. The highest BCUT2D eigenvalue weighted by atomic mass is 32.2. The first-order valence-electron chi connectivity index (χ1n) is 7.30. The van der Waals surface area contributed by atoms with Crippen LogP contribution in [0.15, 0.2) is 58.9 Å². The summed E-state index contributed by atoms with van der Waals surface area (Å²) < 4.78 is 24.0. The molecule has 3 N–H and O–H groups in total. The van der Waals surface area contributed by atoms with Gasteiger partial charge in [-0.1, -0.05) is 30.3 Å². The van der Waals surface area contributed by atoms with Crippen molar-refractivity contribution in [3.63, 3.8) is 0 Å². The topological polar surface area (TPSA) is 85.1 Å². The normalized spacial score (nSPS) is 11.6. The molecule has 0 aliphatic heterocycles. The van der Waals surface area contributed by atoms with Gasteiger partial charge in [0.2, 0.25) is 10.0 Å². The molecule has 3 aromatic rings. The van der Waals surface area contributed by atoms with E-state index in [4.69, 9.17) is 5.14 Å². The van der Waals surface area contributed by atoms with E-state index in [9.17, 15) is 8.42 Å². The molecule has 0 aliphatic carbocycles. The number of hydrogen-bond acceptors (Lipinski definition) is 5. The van der Waals surface area contributed by atoms with Gasteiger partial charge < -0.3 is 5.32 Å². The number of sulfonamides is 1. The Balaban J connectivity index is 2.28. The minimum Gasteiger partial charge on any atom is -0.316 e. The molecule has 0 radical (unpaired) electrons. The Morgan fingerprint density at radius 1 is 1.12 bits per heavy atom. The fourth-order valence-electron chi connectivity index (χ4n) is 2.61. The molecule has 0 saturated carbocycles. The number of thiazole rings is 1. The van der Waals surface area contributed by atoms with Crippen molar-refractivity contribution in [2.75, 3.05) is 7.05 Å². The van der Waals surface area contributed by atoms with Crippen molar-refractivity contribution in [1.29, 1.82) is 0 Å². The number of nitrogens with two attached hydrogens (primary N) is 1. The van der Waals surface area contributed by atoms with Crippen molar-refractivity contribution < 1.29 is 8.42 Å². The number of primary sulfonamides is 1. The van der Waals surface area contributed by atoms with Crippen LogP contribution in [-0.2, 0) is 16.6 Å². The van der Waals surface area contributed by atoms with Crippen LogP contribution in [0.2, 0.25) is 0 Å². The van der Waals surface area contributed by atoms with Gasteiger partial charge in [0, 0.05) is 29.2 Å². The molecule has 7 heteroatoms. The summed E-state index contributed by atoms with van der Waals surface area (Å²) in [5, 5.41) is 11.2. The summed E-state index contributed by atoms with van der Waals surface area (Å²) in [5.41, 5.74) is 3.34. The van der Waals surface area contributed by atoms with Gasteiger partial charge >= 0.3 is 0 Å². The van der Waals surface area contributed by atoms with E-state index in [2.05, 4.69) is 10.3 Å². The Bertz CT molecular complexity index is 952. The maximum Gasteiger partial charge on any atom is 0.238 e. The molecule has 1 heterocycles. The van der Waals surface area contributed by atoms with Crippen LogP contribution in [0, 0.1) is 0 Å². The van der Waals surface area contributed by atoms with Crippen LogP contribution in [0.3, 0.4) is 0 Å². The number of benzene rings is 2. The van der Waals surface area contributed by atoms with Gasteiger partial charge in [0.1, 0.15) is 5.01 Å². The third kappa shape index (κ3) is 3.39. The average molecular weight is 359 g/mol. The maximum atomic E-state index is 12.0. The summed E-state index contributed by atoms with van der Waals surface area (Å²) in [6, 6.07) is 12.7. The molecular formula is C17H17N3O2S2. The molecule has 5 nitrogen and oxygen atoms in total. The molecule has 124 valence electrons. The van der Waals surface area contributed by atoms with Gasteiger partial charge in [0.25, 0.3) is 0 Å². The third-order valence-electron chi connectivity index (χ3n) is 3.61. The van der Waals surface area contributed by atoms with Crippen LogP contribution >= 0.6 is 11.3 Å². The summed E-state index contributed by atoms with van der Waals surface area (Å²) in [4.78, 5) is 4.48. The minimum absolute atomic E-state index is 0.115. The summed E-state index contributed by atoms with van der Waals surface area (Å²) in [6.45, 7) is 0.683. The molecule has 3 rings (SSSR count). The van der Waals surface area contributed by atoms with E-state index < -0.39 is 10.0 Å².